The third-order valence-corrected chi connectivity index (χ3v) is 6.09. The molecule has 2 rings (SSSR count). The van der Waals surface area contributed by atoms with Gasteiger partial charge in [-0.05, 0) is 42.2 Å². The molecule has 1 aliphatic rings. The summed E-state index contributed by atoms with van der Waals surface area (Å²) in [6.07, 6.45) is 8.22. The fourth-order valence-corrected chi connectivity index (χ4v) is 4.70. The molecule has 1 saturated carbocycles. The zero-order chi connectivity index (χ0) is 12.8. The standard InChI is InChI=1S/C15H21ClS2/c16-13-6-5-7-14(10-13)18-12-15(11-17)8-3-1-2-4-9-15/h5-7,10,17H,1-4,8-9,11-12H2. The molecule has 1 aromatic rings. The van der Waals surface area contributed by atoms with Crippen LogP contribution in [0, 0.1) is 5.41 Å². The zero-order valence-corrected chi connectivity index (χ0v) is 13.2. The Morgan fingerprint density at radius 3 is 2.50 bits per heavy atom. The lowest BCUT2D eigenvalue weighted by Gasteiger charge is -2.30. The second-order valence-corrected chi connectivity index (χ2v) is 7.12. The van der Waals surface area contributed by atoms with Gasteiger partial charge in [0.1, 0.15) is 0 Å². The van der Waals surface area contributed by atoms with Crippen LogP contribution in [0.25, 0.3) is 0 Å². The second-order valence-electron chi connectivity index (χ2n) is 5.32. The largest absolute Gasteiger partial charge is 0.179 e. The van der Waals surface area contributed by atoms with Crippen molar-refractivity contribution in [3.8, 4) is 0 Å². The van der Waals surface area contributed by atoms with Crippen LogP contribution in [0.1, 0.15) is 38.5 Å². The SMILES string of the molecule is SCC1(CSc2cccc(Cl)c2)CCCCCC1. The van der Waals surface area contributed by atoms with Crippen molar-refractivity contribution in [1.82, 2.24) is 0 Å². The predicted molar refractivity (Wildman–Crippen MR) is 86.2 cm³/mol. The number of benzene rings is 1. The average molecular weight is 301 g/mol. The normalized spacial score (nSPS) is 19.4. The Morgan fingerprint density at radius 2 is 1.89 bits per heavy atom. The molecule has 0 N–H and O–H groups in total. The molecule has 1 aliphatic carbocycles. The molecule has 0 radical (unpaired) electrons. The molecule has 3 heteroatoms. The van der Waals surface area contributed by atoms with Crippen molar-refractivity contribution in [2.75, 3.05) is 11.5 Å². The van der Waals surface area contributed by atoms with E-state index in [9.17, 15) is 0 Å². The summed E-state index contributed by atoms with van der Waals surface area (Å²) in [7, 11) is 0. The van der Waals surface area contributed by atoms with Gasteiger partial charge in [0.05, 0.1) is 0 Å². The second kappa shape index (κ2) is 7.12. The molecule has 100 valence electrons. The molecule has 1 aromatic carbocycles. The summed E-state index contributed by atoms with van der Waals surface area (Å²) in [6, 6.07) is 8.19. The topological polar surface area (TPSA) is 0 Å². The lowest BCUT2D eigenvalue weighted by molar-refractivity contribution is 0.332. The van der Waals surface area contributed by atoms with E-state index < -0.39 is 0 Å². The maximum Gasteiger partial charge on any atom is 0.0417 e. The molecular weight excluding hydrogens is 280 g/mol. The van der Waals surface area contributed by atoms with Crippen LogP contribution in [0.4, 0.5) is 0 Å². The van der Waals surface area contributed by atoms with E-state index in [1.54, 1.807) is 0 Å². The van der Waals surface area contributed by atoms with Crippen LogP contribution < -0.4 is 0 Å². The Balaban J connectivity index is 1.97. The van der Waals surface area contributed by atoms with Gasteiger partial charge in [-0.3, -0.25) is 0 Å². The van der Waals surface area contributed by atoms with Crippen LogP contribution >= 0.6 is 36.0 Å². The summed E-state index contributed by atoms with van der Waals surface area (Å²) >= 11 is 12.6. The van der Waals surface area contributed by atoms with Crippen LogP contribution in [0.5, 0.6) is 0 Å². The quantitative estimate of drug-likeness (QED) is 0.422. The fourth-order valence-electron chi connectivity index (χ4n) is 2.62. The minimum Gasteiger partial charge on any atom is -0.179 e. The fraction of sp³-hybridized carbons (Fsp3) is 0.600. The first-order chi connectivity index (χ1) is 8.74. The Bertz CT molecular complexity index is 371. The minimum absolute atomic E-state index is 0.437. The van der Waals surface area contributed by atoms with Gasteiger partial charge >= 0.3 is 0 Å². The summed E-state index contributed by atoms with van der Waals surface area (Å²) in [6.45, 7) is 0. The van der Waals surface area contributed by atoms with Gasteiger partial charge in [0.2, 0.25) is 0 Å². The first kappa shape index (κ1) is 14.6. The number of thioether (sulfide) groups is 1. The van der Waals surface area contributed by atoms with Crippen LogP contribution in [0.15, 0.2) is 29.2 Å². The van der Waals surface area contributed by atoms with E-state index in [1.807, 2.05) is 23.9 Å². The van der Waals surface area contributed by atoms with Crippen LogP contribution in [-0.4, -0.2) is 11.5 Å². The third kappa shape index (κ3) is 4.11. The Morgan fingerprint density at radius 1 is 1.17 bits per heavy atom. The van der Waals surface area contributed by atoms with Crippen LogP contribution in [-0.2, 0) is 0 Å². The molecule has 0 aliphatic heterocycles. The Hall–Kier alpha value is 0.210. The molecule has 0 bridgehead atoms. The number of hydrogen-bond donors (Lipinski definition) is 1. The molecule has 0 atom stereocenters. The van der Waals surface area contributed by atoms with Crippen molar-refractivity contribution < 1.29 is 0 Å². The van der Waals surface area contributed by atoms with Crippen molar-refractivity contribution in [2.45, 2.75) is 43.4 Å². The van der Waals surface area contributed by atoms with E-state index in [4.69, 9.17) is 11.6 Å². The lowest BCUT2D eigenvalue weighted by atomic mass is 9.84. The first-order valence-corrected chi connectivity index (χ1v) is 8.73. The highest BCUT2D eigenvalue weighted by Gasteiger charge is 2.29. The van der Waals surface area contributed by atoms with E-state index in [1.165, 1.54) is 49.2 Å². The highest BCUT2D eigenvalue weighted by molar-refractivity contribution is 7.99. The summed E-state index contributed by atoms with van der Waals surface area (Å²) in [5.74, 6) is 2.19. The Kier molecular flexibility index (Phi) is 5.78. The third-order valence-electron chi connectivity index (χ3n) is 3.84. The predicted octanol–water partition coefficient (Wildman–Crippen LogP) is 5.70. The van der Waals surface area contributed by atoms with Gasteiger partial charge in [0.25, 0.3) is 0 Å². The molecular formula is C15H21ClS2. The molecule has 1 fully saturated rings. The number of halogens is 1. The number of hydrogen-bond acceptors (Lipinski definition) is 2. The van der Waals surface area contributed by atoms with E-state index >= 15 is 0 Å². The van der Waals surface area contributed by atoms with Crippen LogP contribution in [0.3, 0.4) is 0 Å². The summed E-state index contributed by atoms with van der Waals surface area (Å²) < 4.78 is 0. The van der Waals surface area contributed by atoms with Gasteiger partial charge in [-0.25, -0.2) is 0 Å². The van der Waals surface area contributed by atoms with E-state index in [0.717, 1.165) is 10.8 Å². The molecule has 0 saturated heterocycles. The van der Waals surface area contributed by atoms with Crippen LogP contribution in [0.2, 0.25) is 5.02 Å². The molecule has 0 unspecified atom stereocenters. The lowest BCUT2D eigenvalue weighted by Crippen LogP contribution is -2.25. The first-order valence-electron chi connectivity index (χ1n) is 6.73. The van der Waals surface area contributed by atoms with Crippen molar-refractivity contribution in [2.24, 2.45) is 5.41 Å². The maximum atomic E-state index is 6.03. The molecule has 0 amide bonds. The van der Waals surface area contributed by atoms with Gasteiger partial charge in [-0.15, -0.1) is 11.8 Å². The Labute approximate surface area is 125 Å². The van der Waals surface area contributed by atoms with E-state index in [0.29, 0.717) is 5.41 Å². The van der Waals surface area contributed by atoms with Crippen molar-refractivity contribution >= 4 is 36.0 Å². The molecule has 0 spiro atoms. The van der Waals surface area contributed by atoms with E-state index in [-0.39, 0.29) is 0 Å². The van der Waals surface area contributed by atoms with Gasteiger partial charge in [-0.1, -0.05) is 43.4 Å². The summed E-state index contributed by atoms with van der Waals surface area (Å²) in [5, 5.41) is 0.834. The zero-order valence-electron chi connectivity index (χ0n) is 10.7. The smallest absolute Gasteiger partial charge is 0.0417 e. The van der Waals surface area contributed by atoms with Gasteiger partial charge < -0.3 is 0 Å². The van der Waals surface area contributed by atoms with Gasteiger partial charge in [0.15, 0.2) is 0 Å². The van der Waals surface area contributed by atoms with Gasteiger partial charge in [0, 0.05) is 15.7 Å². The number of rotatable bonds is 4. The molecule has 0 nitrogen and oxygen atoms in total. The highest BCUT2D eigenvalue weighted by Crippen LogP contribution is 2.40. The monoisotopic (exact) mass is 300 g/mol. The molecule has 18 heavy (non-hydrogen) atoms. The maximum absolute atomic E-state index is 6.03. The summed E-state index contributed by atoms with van der Waals surface area (Å²) in [5.41, 5.74) is 0.437. The molecule has 0 aromatic heterocycles. The van der Waals surface area contributed by atoms with Crippen molar-refractivity contribution in [3.05, 3.63) is 29.3 Å². The number of thiol groups is 1. The average Bonchev–Trinajstić information content (AvgIpc) is 2.63. The molecule has 0 heterocycles. The minimum atomic E-state index is 0.437. The highest BCUT2D eigenvalue weighted by atomic mass is 35.5. The van der Waals surface area contributed by atoms with E-state index in [2.05, 4.69) is 24.8 Å². The van der Waals surface area contributed by atoms with Crippen molar-refractivity contribution in [1.29, 1.82) is 0 Å². The van der Waals surface area contributed by atoms with Crippen molar-refractivity contribution in [3.63, 3.8) is 0 Å². The summed E-state index contributed by atoms with van der Waals surface area (Å²) in [4.78, 5) is 1.29. The van der Waals surface area contributed by atoms with Gasteiger partial charge in [-0.2, -0.15) is 12.6 Å².